The third-order valence-electron chi connectivity index (χ3n) is 6.03. The largest absolute Gasteiger partial charge is 0.292 e. The molecule has 172 valence electrons. The van der Waals surface area contributed by atoms with Gasteiger partial charge in [0.25, 0.3) is 5.95 Å². The first-order valence-corrected chi connectivity index (χ1v) is 11.4. The third-order valence-corrected chi connectivity index (χ3v) is 6.27. The molecule has 8 heteroatoms. The van der Waals surface area contributed by atoms with E-state index in [-0.39, 0.29) is 30.6 Å². The standard InChI is InChI=1S/C26H23ClFN5O/c1-15-11-16(2)30-26(29-15)33-25-24(17(3)31-33)22(19-5-4-6-20(27)12-19)13-23(34)32(25)14-18-7-9-21(28)10-8-18/h4-12,22H,13-14H2,1-3H3/t22-/m1/s1. The minimum atomic E-state index is -0.319. The van der Waals surface area contributed by atoms with Crippen LogP contribution in [-0.4, -0.2) is 25.7 Å². The van der Waals surface area contributed by atoms with Gasteiger partial charge < -0.3 is 0 Å². The molecule has 0 radical (unpaired) electrons. The summed E-state index contributed by atoms with van der Waals surface area (Å²) in [6.07, 6.45) is 0.273. The number of rotatable bonds is 4. The van der Waals surface area contributed by atoms with Gasteiger partial charge in [0.1, 0.15) is 11.6 Å². The molecule has 0 spiro atoms. The highest BCUT2D eigenvalue weighted by Gasteiger charge is 2.38. The van der Waals surface area contributed by atoms with Crippen molar-refractivity contribution in [1.82, 2.24) is 19.7 Å². The summed E-state index contributed by atoms with van der Waals surface area (Å²) < 4.78 is 15.2. The molecule has 1 atom stereocenters. The van der Waals surface area contributed by atoms with Crippen LogP contribution in [0.1, 0.15) is 46.1 Å². The summed E-state index contributed by atoms with van der Waals surface area (Å²) in [5.41, 5.74) is 5.11. The van der Waals surface area contributed by atoms with Crippen LogP contribution < -0.4 is 4.90 Å². The Morgan fingerprint density at radius 3 is 2.41 bits per heavy atom. The van der Waals surface area contributed by atoms with Crippen LogP contribution in [0.15, 0.2) is 54.6 Å². The molecule has 0 N–H and O–H groups in total. The van der Waals surface area contributed by atoms with Gasteiger partial charge in [-0.25, -0.2) is 14.4 Å². The van der Waals surface area contributed by atoms with Crippen LogP contribution in [-0.2, 0) is 11.3 Å². The van der Waals surface area contributed by atoms with Gasteiger partial charge in [0, 0.05) is 34.3 Å². The van der Waals surface area contributed by atoms with E-state index in [9.17, 15) is 9.18 Å². The molecule has 2 aromatic carbocycles. The van der Waals surface area contributed by atoms with Crippen molar-refractivity contribution in [3.05, 3.63) is 99.2 Å². The van der Waals surface area contributed by atoms with Crippen molar-refractivity contribution in [2.75, 3.05) is 4.90 Å². The number of nitrogens with zero attached hydrogens (tertiary/aromatic N) is 5. The minimum absolute atomic E-state index is 0.0627. The summed E-state index contributed by atoms with van der Waals surface area (Å²) in [5, 5.41) is 5.40. The number of hydrogen-bond donors (Lipinski definition) is 0. The molecule has 0 unspecified atom stereocenters. The highest BCUT2D eigenvalue weighted by molar-refractivity contribution is 6.30. The Morgan fingerprint density at radius 2 is 1.74 bits per heavy atom. The predicted molar refractivity (Wildman–Crippen MR) is 129 cm³/mol. The first kappa shape index (κ1) is 22.2. The van der Waals surface area contributed by atoms with Gasteiger partial charge in [-0.1, -0.05) is 35.9 Å². The monoisotopic (exact) mass is 475 g/mol. The maximum atomic E-state index is 13.6. The Balaban J connectivity index is 1.71. The normalized spacial score (nSPS) is 15.5. The van der Waals surface area contributed by atoms with Gasteiger partial charge >= 0.3 is 0 Å². The van der Waals surface area contributed by atoms with Gasteiger partial charge in [0.15, 0.2) is 0 Å². The Morgan fingerprint density at radius 1 is 1.03 bits per heavy atom. The summed E-state index contributed by atoms with van der Waals surface area (Å²) in [6.45, 7) is 6.01. The maximum Gasteiger partial charge on any atom is 0.252 e. The highest BCUT2D eigenvalue weighted by atomic mass is 35.5. The molecule has 2 aromatic heterocycles. The zero-order valence-corrected chi connectivity index (χ0v) is 19.8. The number of halogens is 2. The third kappa shape index (κ3) is 4.07. The summed E-state index contributed by atoms with van der Waals surface area (Å²) in [6, 6.07) is 15.6. The van der Waals surface area contributed by atoms with E-state index < -0.39 is 0 Å². The SMILES string of the molecule is Cc1cc(C)nc(-n2nc(C)c3c2N(Cc2ccc(F)cc2)C(=O)C[C@@H]3c2cccc(Cl)c2)n1. The van der Waals surface area contributed by atoms with Crippen LogP contribution in [0, 0.1) is 26.6 Å². The predicted octanol–water partition coefficient (Wildman–Crippen LogP) is 5.45. The molecular weight excluding hydrogens is 453 g/mol. The Labute approximate surface area is 202 Å². The molecule has 4 aromatic rings. The maximum absolute atomic E-state index is 13.6. The average molecular weight is 476 g/mol. The van der Waals surface area contributed by atoms with Gasteiger partial charge in [-0.15, -0.1) is 0 Å². The smallest absolute Gasteiger partial charge is 0.252 e. The molecule has 0 bridgehead atoms. The number of anilines is 1. The number of carbonyl (C=O) groups excluding carboxylic acids is 1. The topological polar surface area (TPSA) is 63.9 Å². The quantitative estimate of drug-likeness (QED) is 0.394. The van der Waals surface area contributed by atoms with Crippen LogP contribution >= 0.6 is 11.6 Å². The number of aromatic nitrogens is 4. The molecule has 0 saturated heterocycles. The molecule has 1 aliphatic heterocycles. The van der Waals surface area contributed by atoms with Gasteiger partial charge in [-0.05, 0) is 62.2 Å². The van der Waals surface area contributed by atoms with Crippen molar-refractivity contribution in [1.29, 1.82) is 0 Å². The van der Waals surface area contributed by atoms with Gasteiger partial charge in [-0.3, -0.25) is 9.69 Å². The molecule has 5 rings (SSSR count). The highest BCUT2D eigenvalue weighted by Crippen LogP contribution is 2.43. The molecular formula is C26H23ClFN5O. The average Bonchev–Trinajstić information content (AvgIpc) is 3.13. The number of hydrogen-bond acceptors (Lipinski definition) is 4. The number of carbonyl (C=O) groups is 1. The Bertz CT molecular complexity index is 1380. The van der Waals surface area contributed by atoms with E-state index >= 15 is 0 Å². The fourth-order valence-corrected chi connectivity index (χ4v) is 4.78. The molecule has 34 heavy (non-hydrogen) atoms. The summed E-state index contributed by atoms with van der Waals surface area (Å²) in [7, 11) is 0. The second-order valence-corrected chi connectivity index (χ2v) is 9.04. The fourth-order valence-electron chi connectivity index (χ4n) is 4.58. The second kappa shape index (κ2) is 8.65. The summed E-state index contributed by atoms with van der Waals surface area (Å²) in [4.78, 5) is 24.5. The van der Waals surface area contributed by atoms with Crippen molar-refractivity contribution in [3.63, 3.8) is 0 Å². The van der Waals surface area contributed by atoms with Crippen LogP contribution in [0.3, 0.4) is 0 Å². The van der Waals surface area contributed by atoms with Crippen molar-refractivity contribution in [2.24, 2.45) is 0 Å². The second-order valence-electron chi connectivity index (χ2n) is 8.60. The van der Waals surface area contributed by atoms with Crippen LogP contribution in [0.25, 0.3) is 5.95 Å². The Hall–Kier alpha value is -3.58. The molecule has 6 nitrogen and oxygen atoms in total. The lowest BCUT2D eigenvalue weighted by atomic mass is 9.85. The number of amides is 1. The fraction of sp³-hybridized carbons (Fsp3) is 0.231. The molecule has 1 amide bonds. The van der Waals surface area contributed by atoms with Crippen molar-refractivity contribution in [3.8, 4) is 5.95 Å². The lowest BCUT2D eigenvalue weighted by Gasteiger charge is -2.33. The first-order valence-electron chi connectivity index (χ1n) is 11.0. The van der Waals surface area contributed by atoms with Crippen molar-refractivity contribution >= 4 is 23.3 Å². The van der Waals surface area contributed by atoms with E-state index in [1.54, 1.807) is 21.7 Å². The van der Waals surface area contributed by atoms with E-state index in [2.05, 4.69) is 9.97 Å². The van der Waals surface area contributed by atoms with Gasteiger partial charge in [0.05, 0.1) is 12.2 Å². The minimum Gasteiger partial charge on any atom is -0.292 e. The zero-order valence-electron chi connectivity index (χ0n) is 19.1. The zero-order chi connectivity index (χ0) is 24.0. The molecule has 0 saturated carbocycles. The lowest BCUT2D eigenvalue weighted by Crippen LogP contribution is -2.38. The first-order chi connectivity index (χ1) is 16.3. The summed E-state index contributed by atoms with van der Waals surface area (Å²) in [5.74, 6) is 0.455. The van der Waals surface area contributed by atoms with Crippen LogP contribution in [0.4, 0.5) is 10.2 Å². The number of fused-ring (bicyclic) bond motifs is 1. The van der Waals surface area contributed by atoms with Crippen molar-refractivity contribution < 1.29 is 9.18 Å². The van der Waals surface area contributed by atoms with E-state index in [4.69, 9.17) is 16.7 Å². The molecule has 0 fully saturated rings. The van der Waals surface area contributed by atoms with Crippen LogP contribution in [0.5, 0.6) is 0 Å². The van der Waals surface area contributed by atoms with Gasteiger partial charge in [0.2, 0.25) is 5.91 Å². The van der Waals surface area contributed by atoms with E-state index in [0.29, 0.717) is 16.8 Å². The Kier molecular flexibility index (Phi) is 5.65. The summed E-state index contributed by atoms with van der Waals surface area (Å²) >= 11 is 6.29. The number of aryl methyl sites for hydroxylation is 3. The van der Waals surface area contributed by atoms with Crippen molar-refractivity contribution in [2.45, 2.75) is 39.7 Å². The number of benzene rings is 2. The van der Waals surface area contributed by atoms with E-state index in [1.807, 2.05) is 51.1 Å². The van der Waals surface area contributed by atoms with Crippen LogP contribution in [0.2, 0.25) is 5.02 Å². The molecule has 1 aliphatic rings. The molecule has 3 heterocycles. The van der Waals surface area contributed by atoms with E-state index in [1.165, 1.54) is 12.1 Å². The van der Waals surface area contributed by atoms with Gasteiger partial charge in [-0.2, -0.15) is 9.78 Å². The lowest BCUT2D eigenvalue weighted by molar-refractivity contribution is -0.119. The van der Waals surface area contributed by atoms with E-state index in [0.717, 1.165) is 33.8 Å². The molecule has 0 aliphatic carbocycles.